The number of ether oxygens (including phenoxy) is 1. The molecule has 0 radical (unpaired) electrons. The maximum Gasteiger partial charge on any atom is 0.142 e. The Bertz CT molecular complexity index is 564. The van der Waals surface area contributed by atoms with Gasteiger partial charge in [-0.1, -0.05) is 32.0 Å². The van der Waals surface area contributed by atoms with Crippen LogP contribution in [0.15, 0.2) is 42.5 Å². The highest BCUT2D eigenvalue weighted by molar-refractivity contribution is 5.75. The van der Waals surface area contributed by atoms with Gasteiger partial charge in [0.2, 0.25) is 0 Å². The molecule has 2 rings (SSSR count). The highest BCUT2D eigenvalue weighted by Gasteiger charge is 2.08. The molecule has 3 heteroatoms. The summed E-state index contributed by atoms with van der Waals surface area (Å²) in [5.74, 6) is 1.28. The van der Waals surface area contributed by atoms with Gasteiger partial charge < -0.3 is 15.8 Å². The predicted octanol–water partition coefficient (Wildman–Crippen LogP) is 4.14. The number of hydrogen-bond acceptors (Lipinski definition) is 3. The van der Waals surface area contributed by atoms with E-state index in [-0.39, 0.29) is 0 Å². The number of nitrogen functional groups attached to an aromatic ring is 1. The summed E-state index contributed by atoms with van der Waals surface area (Å²) in [5, 5.41) is 3.34. The maximum absolute atomic E-state index is 5.95. The second kappa shape index (κ2) is 5.65. The first-order valence-electron chi connectivity index (χ1n) is 6.41. The van der Waals surface area contributed by atoms with E-state index in [2.05, 4.69) is 31.3 Å². The minimum absolute atomic E-state index is 0.472. The van der Waals surface area contributed by atoms with Gasteiger partial charge >= 0.3 is 0 Å². The Morgan fingerprint density at radius 2 is 1.79 bits per heavy atom. The fourth-order valence-electron chi connectivity index (χ4n) is 1.94. The van der Waals surface area contributed by atoms with Gasteiger partial charge in [-0.3, -0.25) is 0 Å². The van der Waals surface area contributed by atoms with Gasteiger partial charge in [0.05, 0.1) is 24.2 Å². The molecular formula is C16H20N2O. The van der Waals surface area contributed by atoms with E-state index in [0.29, 0.717) is 5.92 Å². The molecule has 3 nitrogen and oxygen atoms in total. The highest BCUT2D eigenvalue weighted by atomic mass is 16.5. The number of anilines is 3. The summed E-state index contributed by atoms with van der Waals surface area (Å²) in [6.07, 6.45) is 0. The molecule has 0 fully saturated rings. The number of rotatable bonds is 4. The van der Waals surface area contributed by atoms with Crippen LogP contribution in [0.2, 0.25) is 0 Å². The van der Waals surface area contributed by atoms with E-state index in [1.807, 2.05) is 30.3 Å². The van der Waals surface area contributed by atoms with Crippen LogP contribution in [0, 0.1) is 0 Å². The highest BCUT2D eigenvalue weighted by Crippen LogP contribution is 2.32. The van der Waals surface area contributed by atoms with Crippen molar-refractivity contribution in [2.75, 3.05) is 18.2 Å². The van der Waals surface area contributed by atoms with E-state index in [1.54, 1.807) is 7.11 Å². The van der Waals surface area contributed by atoms with Crippen molar-refractivity contribution in [2.24, 2.45) is 0 Å². The first-order chi connectivity index (χ1) is 9.11. The Labute approximate surface area is 114 Å². The van der Waals surface area contributed by atoms with Crippen LogP contribution in [0.4, 0.5) is 17.1 Å². The number of methoxy groups -OCH3 is 1. The number of benzene rings is 2. The van der Waals surface area contributed by atoms with Gasteiger partial charge in [0.25, 0.3) is 0 Å². The van der Waals surface area contributed by atoms with Gasteiger partial charge in [-0.05, 0) is 35.7 Å². The van der Waals surface area contributed by atoms with Crippen molar-refractivity contribution >= 4 is 17.1 Å². The molecule has 0 heterocycles. The molecule has 0 aliphatic heterocycles. The van der Waals surface area contributed by atoms with Crippen LogP contribution in [0.3, 0.4) is 0 Å². The van der Waals surface area contributed by atoms with E-state index in [0.717, 1.165) is 22.8 Å². The third kappa shape index (κ3) is 2.99. The summed E-state index contributed by atoms with van der Waals surface area (Å²) < 4.78 is 5.39. The van der Waals surface area contributed by atoms with Crippen molar-refractivity contribution in [2.45, 2.75) is 19.8 Å². The monoisotopic (exact) mass is 256 g/mol. The number of hydrogen-bond donors (Lipinski definition) is 2. The zero-order chi connectivity index (χ0) is 13.8. The Balaban J connectivity index is 2.37. The van der Waals surface area contributed by atoms with E-state index >= 15 is 0 Å². The van der Waals surface area contributed by atoms with Crippen molar-refractivity contribution in [3.8, 4) is 5.75 Å². The lowest BCUT2D eigenvalue weighted by Gasteiger charge is -2.15. The van der Waals surface area contributed by atoms with Gasteiger partial charge in [-0.2, -0.15) is 0 Å². The quantitative estimate of drug-likeness (QED) is 0.808. The van der Waals surface area contributed by atoms with Crippen molar-refractivity contribution in [1.82, 2.24) is 0 Å². The van der Waals surface area contributed by atoms with Gasteiger partial charge in [-0.25, -0.2) is 0 Å². The molecular weight excluding hydrogens is 236 g/mol. The minimum atomic E-state index is 0.472. The van der Waals surface area contributed by atoms with Gasteiger partial charge in [0, 0.05) is 0 Å². The Morgan fingerprint density at radius 3 is 2.42 bits per heavy atom. The first kappa shape index (κ1) is 13.3. The lowest BCUT2D eigenvalue weighted by molar-refractivity contribution is 0.416. The van der Waals surface area contributed by atoms with E-state index in [4.69, 9.17) is 10.5 Å². The molecule has 0 aliphatic carbocycles. The Morgan fingerprint density at radius 1 is 1.05 bits per heavy atom. The van der Waals surface area contributed by atoms with Crippen LogP contribution in [-0.2, 0) is 0 Å². The van der Waals surface area contributed by atoms with E-state index < -0.39 is 0 Å². The zero-order valence-corrected chi connectivity index (χ0v) is 11.6. The first-order valence-corrected chi connectivity index (χ1v) is 6.41. The summed E-state index contributed by atoms with van der Waals surface area (Å²) in [5.41, 5.74) is 9.77. The lowest BCUT2D eigenvalue weighted by atomic mass is 10.0. The summed E-state index contributed by atoms with van der Waals surface area (Å²) >= 11 is 0. The van der Waals surface area contributed by atoms with Crippen molar-refractivity contribution in [1.29, 1.82) is 0 Å². The molecule has 0 atom stereocenters. The average molecular weight is 256 g/mol. The molecule has 0 aromatic heterocycles. The molecule has 0 amide bonds. The topological polar surface area (TPSA) is 47.3 Å². The summed E-state index contributed by atoms with van der Waals surface area (Å²) in [4.78, 5) is 0. The second-order valence-corrected chi connectivity index (χ2v) is 4.83. The zero-order valence-electron chi connectivity index (χ0n) is 11.6. The fourth-order valence-corrected chi connectivity index (χ4v) is 1.94. The molecule has 0 saturated heterocycles. The van der Waals surface area contributed by atoms with Crippen LogP contribution in [0.1, 0.15) is 25.3 Å². The van der Waals surface area contributed by atoms with Crippen molar-refractivity contribution < 1.29 is 4.74 Å². The second-order valence-electron chi connectivity index (χ2n) is 4.83. The van der Waals surface area contributed by atoms with Gasteiger partial charge in [-0.15, -0.1) is 0 Å². The summed E-state index contributed by atoms with van der Waals surface area (Å²) in [7, 11) is 1.67. The molecule has 19 heavy (non-hydrogen) atoms. The van der Waals surface area contributed by atoms with Crippen molar-refractivity contribution in [3.63, 3.8) is 0 Å². The smallest absolute Gasteiger partial charge is 0.142 e. The number of nitrogens with two attached hydrogens (primary N) is 1. The molecule has 100 valence electrons. The normalized spacial score (nSPS) is 10.5. The largest absolute Gasteiger partial charge is 0.495 e. The maximum atomic E-state index is 5.95. The molecule has 0 bridgehead atoms. The third-order valence-corrected chi connectivity index (χ3v) is 3.12. The molecule has 2 aromatic rings. The molecule has 2 aromatic carbocycles. The van der Waals surface area contributed by atoms with E-state index in [9.17, 15) is 0 Å². The van der Waals surface area contributed by atoms with Gasteiger partial charge in [0.15, 0.2) is 0 Å². The summed E-state index contributed by atoms with van der Waals surface area (Å²) in [6.45, 7) is 4.34. The standard InChI is InChI=1S/C16H20N2O/c1-11(2)12-8-9-16(19-3)15(10-12)18-14-7-5-4-6-13(14)17/h4-11,18H,17H2,1-3H3. The van der Waals surface area contributed by atoms with E-state index in [1.165, 1.54) is 5.56 Å². The predicted molar refractivity (Wildman–Crippen MR) is 81.2 cm³/mol. The number of para-hydroxylation sites is 2. The van der Waals surface area contributed by atoms with Gasteiger partial charge in [0.1, 0.15) is 5.75 Å². The average Bonchev–Trinajstić information content (AvgIpc) is 2.41. The number of nitrogens with one attached hydrogen (secondary N) is 1. The minimum Gasteiger partial charge on any atom is -0.495 e. The molecule has 0 saturated carbocycles. The molecule has 3 N–H and O–H groups in total. The van der Waals surface area contributed by atoms with Crippen LogP contribution >= 0.6 is 0 Å². The lowest BCUT2D eigenvalue weighted by Crippen LogP contribution is -1.99. The molecule has 0 aliphatic rings. The fraction of sp³-hybridized carbons (Fsp3) is 0.250. The Kier molecular flexibility index (Phi) is 3.95. The third-order valence-electron chi connectivity index (χ3n) is 3.12. The molecule has 0 unspecified atom stereocenters. The summed E-state index contributed by atoms with van der Waals surface area (Å²) in [6, 6.07) is 13.9. The molecule has 0 spiro atoms. The SMILES string of the molecule is COc1ccc(C(C)C)cc1Nc1ccccc1N. The van der Waals surface area contributed by atoms with Crippen LogP contribution in [0.25, 0.3) is 0 Å². The van der Waals surface area contributed by atoms with Crippen molar-refractivity contribution in [3.05, 3.63) is 48.0 Å². The van der Waals surface area contributed by atoms with Crippen LogP contribution in [-0.4, -0.2) is 7.11 Å². The Hall–Kier alpha value is -2.16. The van der Waals surface area contributed by atoms with Crippen LogP contribution < -0.4 is 15.8 Å². The van der Waals surface area contributed by atoms with Crippen LogP contribution in [0.5, 0.6) is 5.75 Å².